The van der Waals surface area contributed by atoms with Crippen LogP contribution < -0.4 is 4.74 Å². The van der Waals surface area contributed by atoms with Crippen molar-refractivity contribution in [2.75, 3.05) is 13.7 Å². The predicted molar refractivity (Wildman–Crippen MR) is 68.0 cm³/mol. The minimum absolute atomic E-state index is 0.284. The van der Waals surface area contributed by atoms with E-state index in [1.165, 1.54) is 7.11 Å². The zero-order valence-electron chi connectivity index (χ0n) is 10.5. The second kappa shape index (κ2) is 5.92. The summed E-state index contributed by atoms with van der Waals surface area (Å²) in [5, 5.41) is 0.432. The molecule has 0 saturated heterocycles. The molecule has 0 radical (unpaired) electrons. The first-order valence-corrected chi connectivity index (χ1v) is 5.93. The van der Waals surface area contributed by atoms with Crippen molar-refractivity contribution in [3.8, 4) is 5.75 Å². The molecule has 0 saturated carbocycles. The van der Waals surface area contributed by atoms with Crippen molar-refractivity contribution in [2.24, 2.45) is 0 Å². The lowest BCUT2D eigenvalue weighted by molar-refractivity contribution is 0.0522. The number of methoxy groups -OCH3 is 1. The first-order valence-electron chi connectivity index (χ1n) is 5.55. The molecular formula is C13H17ClO3. The minimum Gasteiger partial charge on any atom is -0.494 e. The fourth-order valence-corrected chi connectivity index (χ4v) is 1.82. The van der Waals surface area contributed by atoms with E-state index in [1.807, 2.05) is 19.9 Å². The van der Waals surface area contributed by atoms with Gasteiger partial charge >= 0.3 is 5.97 Å². The van der Waals surface area contributed by atoms with Crippen LogP contribution in [0.2, 0.25) is 5.02 Å². The number of carbonyl (C=O) groups is 1. The van der Waals surface area contributed by atoms with Crippen molar-refractivity contribution in [1.82, 2.24) is 0 Å². The van der Waals surface area contributed by atoms with Crippen molar-refractivity contribution in [3.63, 3.8) is 0 Å². The molecule has 0 heterocycles. The first-order chi connectivity index (χ1) is 8.01. The predicted octanol–water partition coefficient (Wildman–Crippen LogP) is 3.65. The Morgan fingerprint density at radius 3 is 2.53 bits per heavy atom. The fraction of sp³-hybridized carbons (Fsp3) is 0.462. The normalized spacial score (nSPS) is 10.5. The summed E-state index contributed by atoms with van der Waals surface area (Å²) < 4.78 is 10.1. The lowest BCUT2D eigenvalue weighted by atomic mass is 10.00. The van der Waals surface area contributed by atoms with Gasteiger partial charge in [0.2, 0.25) is 0 Å². The van der Waals surface area contributed by atoms with Gasteiger partial charge in [-0.3, -0.25) is 0 Å². The number of hydrogen-bond donors (Lipinski definition) is 0. The molecule has 0 N–H and O–H groups in total. The van der Waals surface area contributed by atoms with E-state index in [0.29, 0.717) is 22.9 Å². The van der Waals surface area contributed by atoms with Gasteiger partial charge in [-0.1, -0.05) is 25.4 Å². The Hall–Kier alpha value is -1.22. The Morgan fingerprint density at radius 2 is 2.06 bits per heavy atom. The molecule has 1 aromatic carbocycles. The van der Waals surface area contributed by atoms with E-state index in [-0.39, 0.29) is 5.92 Å². The van der Waals surface area contributed by atoms with Gasteiger partial charge in [0.05, 0.1) is 18.7 Å². The highest BCUT2D eigenvalue weighted by molar-refractivity contribution is 6.32. The summed E-state index contributed by atoms with van der Waals surface area (Å²) in [6.45, 7) is 6.16. The van der Waals surface area contributed by atoms with Gasteiger partial charge in [0.1, 0.15) is 5.56 Å². The van der Waals surface area contributed by atoms with Gasteiger partial charge in [-0.25, -0.2) is 4.79 Å². The molecule has 0 aliphatic rings. The molecule has 0 aliphatic carbocycles. The highest BCUT2D eigenvalue weighted by atomic mass is 35.5. The smallest absolute Gasteiger partial charge is 0.341 e. The van der Waals surface area contributed by atoms with Crippen LogP contribution in [-0.2, 0) is 4.74 Å². The van der Waals surface area contributed by atoms with Crippen LogP contribution >= 0.6 is 11.6 Å². The Morgan fingerprint density at radius 1 is 1.41 bits per heavy atom. The summed E-state index contributed by atoms with van der Waals surface area (Å²) in [6, 6.07) is 3.58. The molecule has 0 aliphatic heterocycles. The van der Waals surface area contributed by atoms with E-state index in [9.17, 15) is 4.79 Å². The zero-order valence-corrected chi connectivity index (χ0v) is 11.3. The highest BCUT2D eigenvalue weighted by Crippen LogP contribution is 2.33. The SMILES string of the molecule is CCOC(=O)c1cc(C(C)C)cc(Cl)c1OC. The molecule has 0 atom stereocenters. The van der Waals surface area contributed by atoms with Crippen LogP contribution in [0.25, 0.3) is 0 Å². The Balaban J connectivity index is 3.28. The largest absolute Gasteiger partial charge is 0.494 e. The number of esters is 1. The van der Waals surface area contributed by atoms with Gasteiger partial charge in [0.25, 0.3) is 0 Å². The average molecular weight is 257 g/mol. The second-order valence-electron chi connectivity index (χ2n) is 3.96. The van der Waals surface area contributed by atoms with Gasteiger partial charge in [-0.2, -0.15) is 0 Å². The second-order valence-corrected chi connectivity index (χ2v) is 4.37. The van der Waals surface area contributed by atoms with Gasteiger partial charge in [0, 0.05) is 0 Å². The van der Waals surface area contributed by atoms with Crippen LogP contribution in [0.4, 0.5) is 0 Å². The number of rotatable bonds is 4. The van der Waals surface area contributed by atoms with Crippen molar-refractivity contribution >= 4 is 17.6 Å². The van der Waals surface area contributed by atoms with Crippen LogP contribution in [0.1, 0.15) is 42.6 Å². The highest BCUT2D eigenvalue weighted by Gasteiger charge is 2.18. The average Bonchev–Trinajstić information content (AvgIpc) is 2.28. The summed E-state index contributed by atoms with van der Waals surface area (Å²) in [7, 11) is 1.49. The Labute approximate surface area is 107 Å². The lowest BCUT2D eigenvalue weighted by Gasteiger charge is -2.13. The first kappa shape index (κ1) is 13.8. The molecule has 0 fully saturated rings. The van der Waals surface area contributed by atoms with E-state index >= 15 is 0 Å². The Bertz CT molecular complexity index is 413. The molecule has 0 spiro atoms. The molecular weight excluding hydrogens is 240 g/mol. The maximum atomic E-state index is 11.8. The summed E-state index contributed by atoms with van der Waals surface area (Å²) >= 11 is 6.09. The van der Waals surface area contributed by atoms with Gasteiger partial charge in [-0.15, -0.1) is 0 Å². The molecule has 17 heavy (non-hydrogen) atoms. The minimum atomic E-state index is -0.409. The van der Waals surface area contributed by atoms with Crippen molar-refractivity contribution in [1.29, 1.82) is 0 Å². The van der Waals surface area contributed by atoms with Crippen LogP contribution in [0, 0.1) is 0 Å². The molecule has 3 nitrogen and oxygen atoms in total. The fourth-order valence-electron chi connectivity index (χ4n) is 1.52. The number of hydrogen-bond acceptors (Lipinski definition) is 3. The molecule has 0 amide bonds. The molecule has 0 aromatic heterocycles. The summed E-state index contributed by atoms with van der Waals surface area (Å²) in [4.78, 5) is 11.8. The van der Waals surface area contributed by atoms with Gasteiger partial charge in [0.15, 0.2) is 5.75 Å². The van der Waals surface area contributed by atoms with E-state index in [0.717, 1.165) is 5.56 Å². The number of benzene rings is 1. The van der Waals surface area contributed by atoms with Crippen molar-refractivity contribution in [3.05, 3.63) is 28.3 Å². The van der Waals surface area contributed by atoms with E-state index in [1.54, 1.807) is 13.0 Å². The quantitative estimate of drug-likeness (QED) is 0.772. The third kappa shape index (κ3) is 3.13. The van der Waals surface area contributed by atoms with Gasteiger partial charge < -0.3 is 9.47 Å². The number of carbonyl (C=O) groups excluding carboxylic acids is 1. The maximum absolute atomic E-state index is 11.8. The molecule has 0 bridgehead atoms. The Kier molecular flexibility index (Phi) is 4.82. The topological polar surface area (TPSA) is 35.5 Å². The van der Waals surface area contributed by atoms with Crippen LogP contribution in [-0.4, -0.2) is 19.7 Å². The molecule has 0 unspecified atom stereocenters. The maximum Gasteiger partial charge on any atom is 0.341 e. The molecule has 1 aromatic rings. The standard InChI is InChI=1S/C13H17ClO3/c1-5-17-13(15)10-6-9(8(2)3)7-11(14)12(10)16-4/h6-8H,5H2,1-4H3. The molecule has 1 rings (SSSR count). The molecule has 94 valence electrons. The van der Waals surface area contributed by atoms with Crippen molar-refractivity contribution in [2.45, 2.75) is 26.7 Å². The third-order valence-corrected chi connectivity index (χ3v) is 2.71. The van der Waals surface area contributed by atoms with E-state index < -0.39 is 5.97 Å². The monoisotopic (exact) mass is 256 g/mol. The van der Waals surface area contributed by atoms with Gasteiger partial charge in [-0.05, 0) is 30.5 Å². The lowest BCUT2D eigenvalue weighted by Crippen LogP contribution is -2.08. The summed E-state index contributed by atoms with van der Waals surface area (Å²) in [5.41, 5.74) is 1.37. The number of ether oxygens (including phenoxy) is 2. The third-order valence-electron chi connectivity index (χ3n) is 2.43. The van der Waals surface area contributed by atoms with E-state index in [2.05, 4.69) is 0 Å². The van der Waals surface area contributed by atoms with Crippen LogP contribution in [0.3, 0.4) is 0 Å². The summed E-state index contributed by atoms with van der Waals surface area (Å²) in [6.07, 6.45) is 0. The summed E-state index contributed by atoms with van der Waals surface area (Å²) in [5.74, 6) is 0.245. The van der Waals surface area contributed by atoms with Crippen LogP contribution in [0.15, 0.2) is 12.1 Å². The van der Waals surface area contributed by atoms with E-state index in [4.69, 9.17) is 21.1 Å². The number of halogens is 1. The van der Waals surface area contributed by atoms with Crippen LogP contribution in [0.5, 0.6) is 5.75 Å². The zero-order chi connectivity index (χ0) is 13.0. The molecule has 4 heteroatoms. The van der Waals surface area contributed by atoms with Crippen molar-refractivity contribution < 1.29 is 14.3 Å².